The van der Waals surface area contributed by atoms with Gasteiger partial charge < -0.3 is 15.0 Å². The van der Waals surface area contributed by atoms with Crippen LogP contribution in [-0.4, -0.2) is 48.4 Å². The number of hydrogen-bond acceptors (Lipinski definition) is 4. The molecule has 0 saturated heterocycles. The molecule has 2 rings (SSSR count). The largest absolute Gasteiger partial charge is 0.495 e. The quantitative estimate of drug-likeness (QED) is 0.750. The van der Waals surface area contributed by atoms with E-state index in [1.165, 1.54) is 38.1 Å². The van der Waals surface area contributed by atoms with Crippen LogP contribution in [0.5, 0.6) is 5.75 Å². The van der Waals surface area contributed by atoms with E-state index >= 15 is 0 Å². The van der Waals surface area contributed by atoms with E-state index in [4.69, 9.17) is 16.3 Å². The molecule has 5 nitrogen and oxygen atoms in total. The summed E-state index contributed by atoms with van der Waals surface area (Å²) in [7, 11) is 3.41. The van der Waals surface area contributed by atoms with Gasteiger partial charge in [-0.25, -0.2) is 0 Å². The third-order valence-electron chi connectivity index (χ3n) is 4.73. The normalized spacial score (nSPS) is 14.8. The van der Waals surface area contributed by atoms with Gasteiger partial charge >= 0.3 is 0 Å². The molecule has 1 aliphatic carbocycles. The van der Waals surface area contributed by atoms with Gasteiger partial charge in [0.05, 0.1) is 24.3 Å². The Bertz CT molecular complexity index is 648. The maximum Gasteiger partial charge on any atom is 0.234 e. The number of ether oxygens (including phenoxy) is 1. The number of rotatable bonds is 7. The Morgan fingerprint density at radius 1 is 1.27 bits per heavy atom. The summed E-state index contributed by atoms with van der Waals surface area (Å²) in [6.07, 6.45) is 5.83. The Balaban J connectivity index is 1.80. The number of halogens is 1. The van der Waals surface area contributed by atoms with Crippen molar-refractivity contribution < 1.29 is 14.3 Å². The minimum atomic E-state index is -0.164. The molecule has 0 spiro atoms. The summed E-state index contributed by atoms with van der Waals surface area (Å²) in [5.41, 5.74) is 1.45. The number of benzene rings is 1. The zero-order valence-electron chi connectivity index (χ0n) is 15.6. The van der Waals surface area contributed by atoms with Gasteiger partial charge in [0.2, 0.25) is 11.8 Å². The summed E-state index contributed by atoms with van der Waals surface area (Å²) in [4.78, 5) is 26.3. The second kappa shape index (κ2) is 10.1. The van der Waals surface area contributed by atoms with E-state index in [2.05, 4.69) is 5.32 Å². The summed E-state index contributed by atoms with van der Waals surface area (Å²) >= 11 is 7.41. The SMILES string of the molecule is COc1cc(Cl)c(C)cc1NC(=O)CSCC(=O)N(C)C1CCCCC1. The number of nitrogens with one attached hydrogen (secondary N) is 1. The maximum atomic E-state index is 12.3. The Hall–Kier alpha value is -1.40. The molecule has 1 aromatic rings. The van der Waals surface area contributed by atoms with Gasteiger partial charge in [-0.05, 0) is 31.4 Å². The summed E-state index contributed by atoms with van der Waals surface area (Å²) in [6.45, 7) is 1.87. The number of thioether (sulfide) groups is 1. The molecule has 1 aromatic carbocycles. The van der Waals surface area contributed by atoms with Crippen molar-refractivity contribution >= 4 is 40.9 Å². The molecule has 1 N–H and O–H groups in total. The third-order valence-corrected chi connectivity index (χ3v) is 6.05. The van der Waals surface area contributed by atoms with Crippen LogP contribution in [-0.2, 0) is 9.59 Å². The van der Waals surface area contributed by atoms with Crippen LogP contribution in [0.1, 0.15) is 37.7 Å². The Labute approximate surface area is 164 Å². The summed E-state index contributed by atoms with van der Waals surface area (Å²) < 4.78 is 5.26. The van der Waals surface area contributed by atoms with Crippen LogP contribution in [0.15, 0.2) is 12.1 Å². The lowest BCUT2D eigenvalue weighted by atomic mass is 9.94. The minimum Gasteiger partial charge on any atom is -0.495 e. The van der Waals surface area contributed by atoms with E-state index < -0.39 is 0 Å². The first kappa shape index (κ1) is 20.9. The van der Waals surface area contributed by atoms with Crippen LogP contribution in [0.3, 0.4) is 0 Å². The van der Waals surface area contributed by atoms with Crippen molar-refractivity contribution in [1.29, 1.82) is 0 Å². The Morgan fingerprint density at radius 3 is 2.62 bits per heavy atom. The molecule has 7 heteroatoms. The molecule has 0 aromatic heterocycles. The van der Waals surface area contributed by atoms with E-state index in [0.29, 0.717) is 28.3 Å². The number of methoxy groups -OCH3 is 1. The van der Waals surface area contributed by atoms with Crippen molar-refractivity contribution in [3.05, 3.63) is 22.7 Å². The number of carbonyl (C=O) groups excluding carboxylic acids is 2. The molecule has 1 saturated carbocycles. The molecule has 0 bridgehead atoms. The molecule has 2 amide bonds. The molecule has 144 valence electrons. The summed E-state index contributed by atoms with van der Waals surface area (Å²) in [5, 5.41) is 3.42. The molecular weight excluding hydrogens is 372 g/mol. The number of amides is 2. The van der Waals surface area contributed by atoms with Crippen LogP contribution in [0, 0.1) is 6.92 Å². The van der Waals surface area contributed by atoms with Gasteiger partial charge in [0.1, 0.15) is 5.75 Å². The molecule has 0 unspecified atom stereocenters. The lowest BCUT2D eigenvalue weighted by Gasteiger charge is -2.31. The fourth-order valence-corrected chi connectivity index (χ4v) is 4.01. The number of anilines is 1. The predicted octanol–water partition coefficient (Wildman–Crippen LogP) is 4.12. The van der Waals surface area contributed by atoms with Crippen LogP contribution in [0.4, 0.5) is 5.69 Å². The fraction of sp³-hybridized carbons (Fsp3) is 0.579. The zero-order chi connectivity index (χ0) is 19.1. The molecule has 1 fully saturated rings. The standard InChI is InChI=1S/C19H27ClN2O3S/c1-13-9-16(17(25-3)10-15(13)20)21-18(23)11-26-12-19(24)22(2)14-7-5-4-6-8-14/h9-10,14H,4-8,11-12H2,1-3H3,(H,21,23). The number of carbonyl (C=O) groups is 2. The lowest BCUT2D eigenvalue weighted by Crippen LogP contribution is -2.39. The van der Waals surface area contributed by atoms with Gasteiger partial charge in [-0.3, -0.25) is 9.59 Å². The maximum absolute atomic E-state index is 12.3. The predicted molar refractivity (Wildman–Crippen MR) is 108 cm³/mol. The van der Waals surface area contributed by atoms with E-state index in [9.17, 15) is 9.59 Å². The highest BCUT2D eigenvalue weighted by atomic mass is 35.5. The van der Waals surface area contributed by atoms with Crippen molar-refractivity contribution in [2.24, 2.45) is 0 Å². The lowest BCUT2D eigenvalue weighted by molar-refractivity contribution is -0.129. The first-order chi connectivity index (χ1) is 12.4. The Kier molecular flexibility index (Phi) is 8.10. The van der Waals surface area contributed by atoms with Gasteiger partial charge in [0.25, 0.3) is 0 Å². The van der Waals surface area contributed by atoms with Crippen molar-refractivity contribution in [3.63, 3.8) is 0 Å². The molecule has 0 radical (unpaired) electrons. The summed E-state index contributed by atoms with van der Waals surface area (Å²) in [6, 6.07) is 3.82. The number of nitrogens with zero attached hydrogens (tertiary/aromatic N) is 1. The number of hydrogen-bond donors (Lipinski definition) is 1. The van der Waals surface area contributed by atoms with E-state index in [1.807, 2.05) is 18.9 Å². The molecule has 0 heterocycles. The first-order valence-corrected chi connectivity index (χ1v) is 10.4. The fourth-order valence-electron chi connectivity index (χ4n) is 3.12. The van der Waals surface area contributed by atoms with Crippen molar-refractivity contribution in [3.8, 4) is 5.75 Å². The smallest absolute Gasteiger partial charge is 0.234 e. The first-order valence-electron chi connectivity index (χ1n) is 8.89. The summed E-state index contributed by atoms with van der Waals surface area (Å²) in [5.74, 6) is 0.983. The third kappa shape index (κ3) is 5.81. The van der Waals surface area contributed by atoms with Gasteiger partial charge in [-0.1, -0.05) is 30.9 Å². The van der Waals surface area contributed by atoms with Crippen molar-refractivity contribution in [2.45, 2.75) is 45.1 Å². The van der Waals surface area contributed by atoms with Crippen LogP contribution in [0.2, 0.25) is 5.02 Å². The van der Waals surface area contributed by atoms with Crippen LogP contribution >= 0.6 is 23.4 Å². The van der Waals surface area contributed by atoms with Crippen LogP contribution < -0.4 is 10.1 Å². The molecule has 0 aliphatic heterocycles. The molecule has 0 atom stereocenters. The molecule has 1 aliphatic rings. The van der Waals surface area contributed by atoms with Gasteiger partial charge in [-0.15, -0.1) is 11.8 Å². The number of aryl methyl sites for hydroxylation is 1. The highest BCUT2D eigenvalue weighted by Crippen LogP contribution is 2.31. The highest BCUT2D eigenvalue weighted by Gasteiger charge is 2.22. The van der Waals surface area contributed by atoms with E-state index in [-0.39, 0.29) is 17.6 Å². The Morgan fingerprint density at radius 2 is 1.96 bits per heavy atom. The molecular formula is C19H27ClN2O3S. The van der Waals surface area contributed by atoms with E-state index in [0.717, 1.165) is 18.4 Å². The van der Waals surface area contributed by atoms with Gasteiger partial charge in [0, 0.05) is 24.2 Å². The second-order valence-electron chi connectivity index (χ2n) is 6.64. The zero-order valence-corrected chi connectivity index (χ0v) is 17.2. The van der Waals surface area contributed by atoms with Crippen molar-refractivity contribution in [1.82, 2.24) is 4.90 Å². The average Bonchev–Trinajstić information content (AvgIpc) is 2.64. The van der Waals surface area contributed by atoms with Crippen molar-refractivity contribution in [2.75, 3.05) is 31.0 Å². The van der Waals surface area contributed by atoms with Gasteiger partial charge in [-0.2, -0.15) is 0 Å². The highest BCUT2D eigenvalue weighted by molar-refractivity contribution is 8.00. The topological polar surface area (TPSA) is 58.6 Å². The molecule has 26 heavy (non-hydrogen) atoms. The van der Waals surface area contributed by atoms with Gasteiger partial charge in [0.15, 0.2) is 0 Å². The average molecular weight is 399 g/mol. The monoisotopic (exact) mass is 398 g/mol. The van der Waals surface area contributed by atoms with Crippen LogP contribution in [0.25, 0.3) is 0 Å². The van der Waals surface area contributed by atoms with E-state index in [1.54, 1.807) is 12.1 Å². The second-order valence-corrected chi connectivity index (χ2v) is 8.03. The minimum absolute atomic E-state index is 0.0922.